The number of aromatic nitrogens is 1. The van der Waals surface area contributed by atoms with E-state index in [9.17, 15) is 5.11 Å². The van der Waals surface area contributed by atoms with Crippen LogP contribution in [0.3, 0.4) is 0 Å². The van der Waals surface area contributed by atoms with Crippen LogP contribution in [0, 0.1) is 0 Å². The summed E-state index contributed by atoms with van der Waals surface area (Å²) in [5.74, 6) is 1.88. The van der Waals surface area contributed by atoms with Gasteiger partial charge in [0, 0.05) is 17.5 Å². The largest absolute Gasteiger partial charge is 0.497 e. The first-order chi connectivity index (χ1) is 12.1. The van der Waals surface area contributed by atoms with Crippen molar-refractivity contribution in [2.75, 3.05) is 26.1 Å². The Morgan fingerprint density at radius 3 is 2.68 bits per heavy atom. The van der Waals surface area contributed by atoms with Crippen molar-refractivity contribution in [2.45, 2.75) is 6.10 Å². The lowest BCUT2D eigenvalue weighted by molar-refractivity contribution is 0.186. The smallest absolute Gasteiger partial charge is 0.135 e. The van der Waals surface area contributed by atoms with Gasteiger partial charge in [0.25, 0.3) is 0 Å². The van der Waals surface area contributed by atoms with Gasteiger partial charge in [-0.25, -0.2) is 4.98 Å². The maximum Gasteiger partial charge on any atom is 0.135 e. The van der Waals surface area contributed by atoms with Gasteiger partial charge in [-0.2, -0.15) is 0 Å². The molecule has 2 N–H and O–H groups in total. The molecule has 5 nitrogen and oxygen atoms in total. The molecule has 3 aromatic rings. The Bertz CT molecular complexity index is 886. The molecule has 0 fully saturated rings. The number of aliphatic hydroxyl groups excluding tert-OH is 1. The minimum Gasteiger partial charge on any atom is -0.497 e. The van der Waals surface area contributed by atoms with Crippen molar-refractivity contribution in [3.63, 3.8) is 0 Å². The van der Waals surface area contributed by atoms with Crippen molar-refractivity contribution in [1.82, 2.24) is 4.98 Å². The summed E-state index contributed by atoms with van der Waals surface area (Å²) in [5, 5.41) is 16.1. The number of aliphatic hydroxyl groups is 1. The highest BCUT2D eigenvalue weighted by Crippen LogP contribution is 2.30. The van der Waals surface area contributed by atoms with Crippen LogP contribution in [-0.2, 0) is 0 Å². The van der Waals surface area contributed by atoms with Gasteiger partial charge in [0.2, 0.25) is 0 Å². The highest BCUT2D eigenvalue weighted by Gasteiger charge is 2.15. The van der Waals surface area contributed by atoms with Crippen LogP contribution >= 0.6 is 11.6 Å². The monoisotopic (exact) mass is 358 g/mol. The molecule has 2 aromatic carbocycles. The number of hydrogen-bond donors (Lipinski definition) is 2. The second kappa shape index (κ2) is 7.59. The SMILES string of the molecule is COc1ccc(OC)c(C(O)CNc2nc(Cl)cc3ccccc23)c1. The van der Waals surface area contributed by atoms with Crippen LogP contribution in [0.25, 0.3) is 10.8 Å². The summed E-state index contributed by atoms with van der Waals surface area (Å²) >= 11 is 6.09. The third-order valence-electron chi connectivity index (χ3n) is 3.97. The molecule has 0 saturated heterocycles. The standard InChI is InChI=1S/C19H19ClN2O3/c1-24-13-7-8-17(25-2)15(10-13)16(23)11-21-19-14-6-4-3-5-12(14)9-18(20)22-19/h3-10,16,23H,11H2,1-2H3,(H,21,22). The topological polar surface area (TPSA) is 63.6 Å². The van der Waals surface area contributed by atoms with E-state index in [2.05, 4.69) is 10.3 Å². The third-order valence-corrected chi connectivity index (χ3v) is 4.16. The number of methoxy groups -OCH3 is 2. The molecule has 1 aromatic heterocycles. The van der Waals surface area contributed by atoms with Gasteiger partial charge < -0.3 is 19.9 Å². The quantitative estimate of drug-likeness (QED) is 0.651. The minimum atomic E-state index is -0.801. The first-order valence-corrected chi connectivity index (χ1v) is 8.19. The molecule has 0 aliphatic heterocycles. The second-order valence-electron chi connectivity index (χ2n) is 5.52. The molecule has 1 unspecified atom stereocenters. The van der Waals surface area contributed by atoms with E-state index in [4.69, 9.17) is 21.1 Å². The molecule has 0 radical (unpaired) electrons. The predicted octanol–water partition coefficient (Wildman–Crippen LogP) is 4.05. The Labute approximate surface area is 151 Å². The van der Waals surface area contributed by atoms with E-state index in [1.54, 1.807) is 32.4 Å². The van der Waals surface area contributed by atoms with Crippen LogP contribution < -0.4 is 14.8 Å². The van der Waals surface area contributed by atoms with Crippen molar-refractivity contribution in [1.29, 1.82) is 0 Å². The van der Waals surface area contributed by atoms with Crippen molar-refractivity contribution in [2.24, 2.45) is 0 Å². The van der Waals surface area contributed by atoms with Crippen LogP contribution in [0.4, 0.5) is 5.82 Å². The molecule has 0 bridgehead atoms. The van der Waals surface area contributed by atoms with Crippen molar-refractivity contribution in [3.8, 4) is 11.5 Å². The van der Waals surface area contributed by atoms with E-state index in [1.165, 1.54) is 0 Å². The molecular weight excluding hydrogens is 340 g/mol. The van der Waals surface area contributed by atoms with Crippen molar-refractivity contribution < 1.29 is 14.6 Å². The Morgan fingerprint density at radius 2 is 1.92 bits per heavy atom. The Balaban J connectivity index is 1.85. The zero-order valence-electron chi connectivity index (χ0n) is 14.0. The lowest BCUT2D eigenvalue weighted by atomic mass is 10.1. The molecule has 1 atom stereocenters. The van der Waals surface area contributed by atoms with Gasteiger partial charge in [-0.15, -0.1) is 0 Å². The van der Waals surface area contributed by atoms with Gasteiger partial charge in [0.15, 0.2) is 0 Å². The summed E-state index contributed by atoms with van der Waals surface area (Å²) in [5.41, 5.74) is 0.640. The molecule has 0 amide bonds. The Hall–Kier alpha value is -2.50. The number of anilines is 1. The second-order valence-corrected chi connectivity index (χ2v) is 5.91. The molecule has 25 heavy (non-hydrogen) atoms. The van der Waals surface area contributed by atoms with Crippen molar-refractivity contribution in [3.05, 3.63) is 59.2 Å². The zero-order valence-corrected chi connectivity index (χ0v) is 14.7. The molecule has 6 heteroatoms. The van der Waals surface area contributed by atoms with E-state index in [0.717, 1.165) is 10.8 Å². The molecule has 1 heterocycles. The van der Waals surface area contributed by atoms with Gasteiger partial charge in [0.05, 0.1) is 20.3 Å². The number of nitrogens with one attached hydrogen (secondary N) is 1. The lowest BCUT2D eigenvalue weighted by Crippen LogP contribution is -2.14. The minimum absolute atomic E-state index is 0.251. The first kappa shape index (κ1) is 17.3. The number of nitrogens with zero attached hydrogens (tertiary/aromatic N) is 1. The average Bonchev–Trinajstić information content (AvgIpc) is 2.65. The van der Waals surface area contributed by atoms with Gasteiger partial charge >= 0.3 is 0 Å². The molecule has 0 spiro atoms. The van der Waals surface area contributed by atoms with E-state index < -0.39 is 6.10 Å². The van der Waals surface area contributed by atoms with Crippen LogP contribution in [0.2, 0.25) is 5.15 Å². The number of fused-ring (bicyclic) bond motifs is 1. The number of rotatable bonds is 6. The van der Waals surface area contributed by atoms with Crippen LogP contribution in [0.1, 0.15) is 11.7 Å². The van der Waals surface area contributed by atoms with Gasteiger partial charge in [0.1, 0.15) is 22.5 Å². The normalized spacial score (nSPS) is 12.0. The molecule has 0 aliphatic carbocycles. The highest BCUT2D eigenvalue weighted by atomic mass is 35.5. The predicted molar refractivity (Wildman–Crippen MR) is 99.7 cm³/mol. The van der Waals surface area contributed by atoms with Crippen LogP contribution in [-0.4, -0.2) is 30.9 Å². The summed E-state index contributed by atoms with van der Waals surface area (Å²) in [7, 11) is 3.15. The Kier molecular flexibility index (Phi) is 5.26. The molecule has 0 aliphatic rings. The molecule has 130 valence electrons. The van der Waals surface area contributed by atoms with Gasteiger partial charge in [-0.1, -0.05) is 35.9 Å². The molecule has 0 saturated carbocycles. The number of pyridine rings is 1. The summed E-state index contributed by atoms with van der Waals surface area (Å²) in [4.78, 5) is 4.33. The summed E-state index contributed by atoms with van der Waals surface area (Å²) in [6.45, 7) is 0.251. The lowest BCUT2D eigenvalue weighted by Gasteiger charge is -2.17. The number of benzene rings is 2. The molecular formula is C19H19ClN2O3. The summed E-state index contributed by atoms with van der Waals surface area (Å²) in [6.07, 6.45) is -0.801. The van der Waals surface area contributed by atoms with E-state index >= 15 is 0 Å². The number of halogens is 1. The highest BCUT2D eigenvalue weighted by molar-refractivity contribution is 6.30. The van der Waals surface area contributed by atoms with E-state index in [0.29, 0.717) is 28.0 Å². The Morgan fingerprint density at radius 1 is 1.12 bits per heavy atom. The fraction of sp³-hybridized carbons (Fsp3) is 0.211. The number of hydrogen-bond acceptors (Lipinski definition) is 5. The van der Waals surface area contributed by atoms with Crippen molar-refractivity contribution >= 4 is 28.2 Å². The van der Waals surface area contributed by atoms with Gasteiger partial charge in [-0.05, 0) is 29.7 Å². The average molecular weight is 359 g/mol. The maximum absolute atomic E-state index is 10.6. The van der Waals surface area contributed by atoms with E-state index in [-0.39, 0.29) is 6.54 Å². The summed E-state index contributed by atoms with van der Waals surface area (Å²) < 4.78 is 10.6. The zero-order chi connectivity index (χ0) is 17.8. The maximum atomic E-state index is 10.6. The van der Waals surface area contributed by atoms with E-state index in [1.807, 2.05) is 30.3 Å². The molecule has 3 rings (SSSR count). The fourth-order valence-electron chi connectivity index (χ4n) is 2.70. The first-order valence-electron chi connectivity index (χ1n) is 7.81. The number of ether oxygens (including phenoxy) is 2. The van der Waals surface area contributed by atoms with Crippen LogP contribution in [0.15, 0.2) is 48.5 Å². The summed E-state index contributed by atoms with van der Waals surface area (Å²) in [6, 6.07) is 14.9. The fourth-order valence-corrected chi connectivity index (χ4v) is 2.91. The van der Waals surface area contributed by atoms with Gasteiger partial charge in [-0.3, -0.25) is 0 Å². The third kappa shape index (κ3) is 3.78. The van der Waals surface area contributed by atoms with Crippen LogP contribution in [0.5, 0.6) is 11.5 Å².